The molecular formula is C54H87NO12SSi. The number of amides is 1. The van der Waals surface area contributed by atoms with E-state index < -0.39 is 80.2 Å². The van der Waals surface area contributed by atoms with E-state index >= 15 is 0 Å². The minimum absolute atomic E-state index is 0.0252. The number of nitrogens with zero attached hydrogens (tertiary/aromatic N) is 1. The summed E-state index contributed by atoms with van der Waals surface area (Å²) >= 11 is 4.75. The van der Waals surface area contributed by atoms with Crippen LogP contribution in [0.25, 0.3) is 0 Å². The number of carbonyl (C=O) groups excluding carboxylic acids is 5. The van der Waals surface area contributed by atoms with Crippen LogP contribution in [0.2, 0.25) is 19.6 Å². The van der Waals surface area contributed by atoms with Gasteiger partial charge in [0.1, 0.15) is 24.0 Å². The molecule has 1 unspecified atom stereocenters. The van der Waals surface area contributed by atoms with Crippen LogP contribution in [-0.2, 0) is 52.1 Å². The predicted molar refractivity (Wildman–Crippen MR) is 274 cm³/mol. The summed E-state index contributed by atoms with van der Waals surface area (Å²) in [6.07, 6.45) is 14.6. The first kappa shape index (κ1) is 58.8. The Bertz CT molecular complexity index is 1880. The largest absolute Gasteiger partial charge is 0.460 e. The highest BCUT2D eigenvalue weighted by Gasteiger charge is 2.53. The number of cyclic esters (lactones) is 1. The lowest BCUT2D eigenvalue weighted by molar-refractivity contribution is -0.265. The molecule has 2 bridgehead atoms. The van der Waals surface area contributed by atoms with Crippen molar-refractivity contribution < 1.29 is 57.2 Å². The number of esters is 1. The number of methoxy groups -OCH3 is 3. The zero-order valence-corrected chi connectivity index (χ0v) is 46.0. The van der Waals surface area contributed by atoms with Crippen molar-refractivity contribution in [1.29, 1.82) is 0 Å². The molecule has 3 heterocycles. The molecule has 4 aliphatic rings. The molecule has 1 amide bonds. The molecule has 4 rings (SSSR count). The summed E-state index contributed by atoms with van der Waals surface area (Å²) in [6.45, 7) is 19.6. The number of hydrogen-bond acceptors (Lipinski definition) is 13. The SMILES string of the molecule is CO[C@H]1C[C@@H]2CC[C@@H](C)[C@@](O)(O2)C(=O)C(=O)N2CCCC[C@H]2C(=O)OC([C@H](C)C[C@@H]2CC[C@H](S)[C@H](OC)C2)CC(=O)[C@H](C)/C=C(\C)[C@@H](O[Si](C)(C)C)[C@@H](OC)C(=O)[C@H](C)C[C@H](C)/C=C/C=C/C=C/1C. The third-order valence-electron chi connectivity index (χ3n) is 14.9. The van der Waals surface area contributed by atoms with Gasteiger partial charge in [-0.25, -0.2) is 4.79 Å². The van der Waals surface area contributed by atoms with Crippen LogP contribution in [0.1, 0.15) is 126 Å². The van der Waals surface area contributed by atoms with Gasteiger partial charge in [0, 0.05) is 63.7 Å². The third kappa shape index (κ3) is 16.4. The summed E-state index contributed by atoms with van der Waals surface area (Å²) in [6, 6.07) is -1.10. The Morgan fingerprint density at radius 1 is 0.855 bits per heavy atom. The standard InChI is InChI=1S/C54H87NO12SSi/c1-33-19-15-14-16-20-34(2)44(62-8)31-41-24-22-39(7)54(61,66-41)51(58)52(59)55-26-18-17-21-42(55)53(60)65-45(36(4)29-40-23-25-47(68)46(30-40)63-9)32-43(56)35(3)28-38(6)49(67-69(11,12)13)50(64-10)48(57)37(5)27-33/h14-16,19-20,28,33,35-37,39-42,44-47,49-50,61,68H,17-18,21-27,29-32H2,1-13H3/b16-14+,19-15+,34-20+,38-28+/t33-,35-,36-,37-,39-,40+,41+,42+,44+,45?,46-,47+,49-,50+,54-/m1/s1. The number of ether oxygens (including phenoxy) is 5. The number of Topliss-reactive ketones (excluding diaryl/α,β-unsaturated/α-hetero) is 3. The Kier molecular flexibility index (Phi) is 22.8. The van der Waals surface area contributed by atoms with Gasteiger partial charge in [0.15, 0.2) is 14.1 Å². The summed E-state index contributed by atoms with van der Waals surface area (Å²) in [5, 5.41) is 12.1. The van der Waals surface area contributed by atoms with Crippen LogP contribution >= 0.6 is 12.6 Å². The van der Waals surface area contributed by atoms with Gasteiger partial charge in [0.05, 0.1) is 24.4 Å². The van der Waals surface area contributed by atoms with E-state index in [1.165, 1.54) is 12.0 Å². The maximum atomic E-state index is 14.5. The minimum atomic E-state index is -2.41. The molecule has 13 nitrogen and oxygen atoms in total. The fourth-order valence-electron chi connectivity index (χ4n) is 10.6. The number of allylic oxidation sites excluding steroid dienone is 6. The molecule has 1 aliphatic carbocycles. The van der Waals surface area contributed by atoms with Gasteiger partial charge >= 0.3 is 5.97 Å². The lowest BCUT2D eigenvalue weighted by Gasteiger charge is -2.42. The molecule has 3 aliphatic heterocycles. The van der Waals surface area contributed by atoms with Crippen LogP contribution in [0, 0.1) is 35.5 Å². The number of ketones is 3. The third-order valence-corrected chi connectivity index (χ3v) is 16.5. The van der Waals surface area contributed by atoms with Crippen molar-refractivity contribution in [2.45, 2.75) is 199 Å². The van der Waals surface area contributed by atoms with Crippen LogP contribution in [0.4, 0.5) is 0 Å². The second kappa shape index (κ2) is 26.8. The maximum Gasteiger partial charge on any atom is 0.329 e. The van der Waals surface area contributed by atoms with Crippen molar-refractivity contribution in [3.63, 3.8) is 0 Å². The van der Waals surface area contributed by atoms with Gasteiger partial charge in [-0.05, 0) is 127 Å². The van der Waals surface area contributed by atoms with Crippen molar-refractivity contribution in [1.82, 2.24) is 4.90 Å². The first-order chi connectivity index (χ1) is 32.4. The number of rotatable bonds is 8. The fourth-order valence-corrected chi connectivity index (χ4v) is 12.1. The molecule has 0 radical (unpaired) electrons. The Hall–Kier alpha value is -2.76. The Morgan fingerprint density at radius 3 is 2.22 bits per heavy atom. The number of aliphatic hydroxyl groups is 1. The zero-order chi connectivity index (χ0) is 51.4. The molecule has 0 aromatic heterocycles. The average Bonchev–Trinajstić information content (AvgIpc) is 3.30. The van der Waals surface area contributed by atoms with E-state index in [2.05, 4.69) is 32.6 Å². The second-order valence-corrected chi connectivity index (χ2v) is 26.9. The van der Waals surface area contributed by atoms with Crippen molar-refractivity contribution in [3.05, 3.63) is 47.6 Å². The molecule has 15 heteroatoms. The molecule has 0 spiro atoms. The number of thiol groups is 1. The number of hydrogen-bond donors (Lipinski definition) is 2. The molecule has 69 heavy (non-hydrogen) atoms. The fraction of sp³-hybridized carbons (Fsp3) is 0.759. The first-order valence-electron chi connectivity index (χ1n) is 25.6. The van der Waals surface area contributed by atoms with Crippen molar-refractivity contribution >= 4 is 50.2 Å². The Balaban J connectivity index is 1.76. The molecule has 3 fully saturated rings. The molecule has 390 valence electrons. The van der Waals surface area contributed by atoms with Crippen molar-refractivity contribution in [2.75, 3.05) is 27.9 Å². The second-order valence-electron chi connectivity index (χ2n) is 21.8. The van der Waals surface area contributed by atoms with Crippen LogP contribution < -0.4 is 0 Å². The van der Waals surface area contributed by atoms with E-state index in [0.717, 1.165) is 24.8 Å². The summed E-state index contributed by atoms with van der Waals surface area (Å²) in [4.78, 5) is 73.2. The van der Waals surface area contributed by atoms with Gasteiger partial charge in [-0.1, -0.05) is 71.1 Å². The van der Waals surface area contributed by atoms with Crippen molar-refractivity contribution in [3.8, 4) is 0 Å². The van der Waals surface area contributed by atoms with E-state index in [0.29, 0.717) is 50.5 Å². The Labute approximate surface area is 420 Å². The molecular weight excluding hydrogens is 915 g/mol. The quantitative estimate of drug-likeness (QED) is 0.0782. The monoisotopic (exact) mass is 1000 g/mol. The zero-order valence-electron chi connectivity index (χ0n) is 44.1. The predicted octanol–water partition coefficient (Wildman–Crippen LogP) is 8.98. The molecule has 1 N–H and O–H groups in total. The van der Waals surface area contributed by atoms with Gasteiger partial charge in [0.25, 0.3) is 11.7 Å². The highest BCUT2D eigenvalue weighted by Crippen LogP contribution is 2.38. The van der Waals surface area contributed by atoms with Gasteiger partial charge in [-0.3, -0.25) is 19.2 Å². The lowest BCUT2D eigenvalue weighted by Crippen LogP contribution is -2.61. The van der Waals surface area contributed by atoms with Gasteiger partial charge < -0.3 is 38.1 Å². The summed E-state index contributed by atoms with van der Waals surface area (Å²) < 4.78 is 36.9. The Morgan fingerprint density at radius 2 is 1.57 bits per heavy atom. The van der Waals surface area contributed by atoms with E-state index in [9.17, 15) is 29.1 Å². The molecule has 0 aromatic rings. The normalized spacial score (nSPS) is 39.0. The van der Waals surface area contributed by atoms with Crippen LogP contribution in [-0.4, -0.2) is 129 Å². The minimum Gasteiger partial charge on any atom is -0.460 e. The van der Waals surface area contributed by atoms with Crippen LogP contribution in [0.5, 0.6) is 0 Å². The smallest absolute Gasteiger partial charge is 0.329 e. The van der Waals surface area contributed by atoms with Gasteiger partial charge in [-0.2, -0.15) is 12.6 Å². The summed E-state index contributed by atoms with van der Waals surface area (Å²) in [5.41, 5.74) is 1.60. The summed E-state index contributed by atoms with van der Waals surface area (Å²) in [7, 11) is 2.54. The average molecular weight is 1000 g/mol. The van der Waals surface area contributed by atoms with Crippen molar-refractivity contribution in [2.24, 2.45) is 35.5 Å². The number of piperidine rings is 1. The van der Waals surface area contributed by atoms with Gasteiger partial charge in [-0.15, -0.1) is 0 Å². The highest BCUT2D eigenvalue weighted by molar-refractivity contribution is 7.81. The summed E-state index contributed by atoms with van der Waals surface area (Å²) in [5.74, 6) is -7.10. The molecule has 1 saturated carbocycles. The van der Waals surface area contributed by atoms with E-state index in [-0.39, 0.29) is 66.0 Å². The first-order valence-corrected chi connectivity index (χ1v) is 29.5. The van der Waals surface area contributed by atoms with E-state index in [4.69, 9.17) is 40.7 Å². The topological polar surface area (TPSA) is 164 Å². The van der Waals surface area contributed by atoms with E-state index in [1.807, 2.05) is 58.1 Å². The number of fused-ring (bicyclic) bond motifs is 3. The highest BCUT2D eigenvalue weighted by atomic mass is 32.1. The number of carbonyl (C=O) groups is 5. The molecule has 15 atom stereocenters. The lowest BCUT2D eigenvalue weighted by atomic mass is 9.79. The molecule has 2 saturated heterocycles. The van der Waals surface area contributed by atoms with Gasteiger partial charge in [0.2, 0.25) is 5.79 Å². The van der Waals surface area contributed by atoms with Crippen LogP contribution in [0.3, 0.4) is 0 Å². The van der Waals surface area contributed by atoms with E-state index in [1.54, 1.807) is 28.1 Å². The van der Waals surface area contributed by atoms with Crippen LogP contribution in [0.15, 0.2) is 47.6 Å². The maximum absolute atomic E-state index is 14.5. The molecule has 0 aromatic carbocycles.